The molecule has 0 aromatic heterocycles. The zero-order valence-corrected chi connectivity index (χ0v) is 15.1. The zero-order chi connectivity index (χ0) is 18.8. The molecule has 1 heterocycles. The number of ether oxygens (including phenoxy) is 3. The van der Waals surface area contributed by atoms with E-state index in [4.69, 9.17) is 9.47 Å². The molecule has 3 nitrogen and oxygen atoms in total. The molecule has 144 valence electrons. The molecule has 26 heavy (non-hydrogen) atoms. The van der Waals surface area contributed by atoms with Crippen LogP contribution in [0.15, 0.2) is 35.9 Å². The van der Waals surface area contributed by atoms with Crippen molar-refractivity contribution in [2.75, 3.05) is 13.2 Å². The molecule has 0 saturated carbocycles. The third-order valence-corrected chi connectivity index (χ3v) is 4.95. The Bertz CT molecular complexity index is 629. The maximum absolute atomic E-state index is 12.4. The van der Waals surface area contributed by atoms with Crippen LogP contribution >= 0.6 is 0 Å². The Hall–Kier alpha value is -1.53. The van der Waals surface area contributed by atoms with Gasteiger partial charge in [-0.1, -0.05) is 37.6 Å². The normalized spacial score (nSPS) is 21.1. The molecular weight excluding hydrogens is 345 g/mol. The highest BCUT2D eigenvalue weighted by Gasteiger charge is 2.38. The van der Waals surface area contributed by atoms with Crippen LogP contribution in [0.25, 0.3) is 0 Å². The monoisotopic (exact) mass is 370 g/mol. The number of benzene rings is 1. The highest BCUT2D eigenvalue weighted by molar-refractivity contribution is 5.35. The van der Waals surface area contributed by atoms with E-state index in [0.29, 0.717) is 19.1 Å². The number of allylic oxidation sites excluding steroid dienone is 1. The first-order chi connectivity index (χ1) is 12.3. The number of rotatable bonds is 5. The van der Waals surface area contributed by atoms with E-state index in [1.165, 1.54) is 17.7 Å². The van der Waals surface area contributed by atoms with Crippen molar-refractivity contribution in [3.63, 3.8) is 0 Å². The van der Waals surface area contributed by atoms with Crippen molar-refractivity contribution in [3.05, 3.63) is 41.5 Å². The van der Waals surface area contributed by atoms with Gasteiger partial charge in [-0.2, -0.15) is 0 Å². The Labute approximate surface area is 152 Å². The van der Waals surface area contributed by atoms with Crippen LogP contribution in [0.2, 0.25) is 0 Å². The van der Waals surface area contributed by atoms with E-state index < -0.39 is 12.1 Å². The topological polar surface area (TPSA) is 27.7 Å². The summed E-state index contributed by atoms with van der Waals surface area (Å²) in [5.41, 5.74) is 2.33. The summed E-state index contributed by atoms with van der Waals surface area (Å²) in [6.07, 6.45) is 0.898. The van der Waals surface area contributed by atoms with Crippen LogP contribution in [0, 0.1) is 5.92 Å². The van der Waals surface area contributed by atoms with Crippen molar-refractivity contribution in [2.24, 2.45) is 5.92 Å². The summed E-state index contributed by atoms with van der Waals surface area (Å²) in [4.78, 5) is 0. The second-order valence-corrected chi connectivity index (χ2v) is 7.39. The summed E-state index contributed by atoms with van der Waals surface area (Å²) in [5, 5.41) is 0. The largest absolute Gasteiger partial charge is 0.573 e. The maximum Gasteiger partial charge on any atom is 0.573 e. The van der Waals surface area contributed by atoms with Crippen LogP contribution in [0.5, 0.6) is 5.75 Å². The first kappa shape index (κ1) is 19.2. The molecule has 0 radical (unpaired) electrons. The van der Waals surface area contributed by atoms with Gasteiger partial charge in [0, 0.05) is 18.8 Å². The minimum atomic E-state index is -4.67. The second-order valence-electron chi connectivity index (χ2n) is 7.39. The number of hydrogen-bond donors (Lipinski definition) is 0. The van der Waals surface area contributed by atoms with Crippen LogP contribution < -0.4 is 4.74 Å². The van der Waals surface area contributed by atoms with Gasteiger partial charge in [0.05, 0.1) is 13.2 Å². The van der Waals surface area contributed by atoms with E-state index in [0.717, 1.165) is 31.2 Å². The molecule has 1 spiro atoms. The van der Waals surface area contributed by atoms with Crippen LogP contribution in [0.4, 0.5) is 13.2 Å². The van der Waals surface area contributed by atoms with E-state index in [2.05, 4.69) is 24.7 Å². The van der Waals surface area contributed by atoms with Gasteiger partial charge in [-0.05, 0) is 36.5 Å². The number of halogens is 3. The van der Waals surface area contributed by atoms with E-state index in [9.17, 15) is 13.2 Å². The van der Waals surface area contributed by atoms with Crippen LogP contribution in [-0.2, 0) is 9.47 Å². The predicted molar refractivity (Wildman–Crippen MR) is 91.9 cm³/mol. The third kappa shape index (κ3) is 4.80. The summed E-state index contributed by atoms with van der Waals surface area (Å²) in [6.45, 7) is 5.59. The maximum atomic E-state index is 12.4. The first-order valence-corrected chi connectivity index (χ1v) is 9.09. The van der Waals surface area contributed by atoms with Crippen molar-refractivity contribution in [1.29, 1.82) is 0 Å². The Morgan fingerprint density at radius 1 is 1.12 bits per heavy atom. The van der Waals surface area contributed by atoms with E-state index >= 15 is 0 Å². The van der Waals surface area contributed by atoms with Crippen molar-refractivity contribution in [3.8, 4) is 5.75 Å². The molecule has 1 atom stereocenters. The van der Waals surface area contributed by atoms with Gasteiger partial charge in [-0.25, -0.2) is 0 Å². The lowest BCUT2D eigenvalue weighted by Crippen LogP contribution is -2.32. The lowest BCUT2D eigenvalue weighted by Gasteiger charge is -2.34. The minimum absolute atomic E-state index is 0.186. The van der Waals surface area contributed by atoms with Crippen LogP contribution in [0.1, 0.15) is 51.0 Å². The zero-order valence-electron chi connectivity index (χ0n) is 15.1. The molecule has 1 aromatic rings. The highest BCUT2D eigenvalue weighted by atomic mass is 19.4. The SMILES string of the molecule is CC(C)C[C@@H](C1=CCC2(CC1)OCCO2)c1ccc(OC(F)(F)F)cc1. The molecule has 3 rings (SSSR count). The van der Waals surface area contributed by atoms with E-state index in [1.807, 2.05) is 0 Å². The number of hydrogen-bond acceptors (Lipinski definition) is 3. The van der Waals surface area contributed by atoms with Gasteiger partial charge in [0.15, 0.2) is 5.79 Å². The van der Waals surface area contributed by atoms with Gasteiger partial charge < -0.3 is 14.2 Å². The molecule has 0 amide bonds. The molecule has 2 aliphatic rings. The molecule has 1 aliphatic heterocycles. The molecule has 1 saturated heterocycles. The van der Waals surface area contributed by atoms with Crippen LogP contribution in [-0.4, -0.2) is 25.4 Å². The predicted octanol–water partition coefficient (Wildman–Crippen LogP) is 5.57. The van der Waals surface area contributed by atoms with E-state index in [-0.39, 0.29) is 11.7 Å². The Kier molecular flexibility index (Phi) is 5.63. The average Bonchev–Trinajstić information content (AvgIpc) is 3.01. The molecule has 1 aliphatic carbocycles. The fourth-order valence-corrected chi connectivity index (χ4v) is 3.78. The lowest BCUT2D eigenvalue weighted by atomic mass is 9.79. The van der Waals surface area contributed by atoms with Gasteiger partial charge in [0.2, 0.25) is 0 Å². The fourth-order valence-electron chi connectivity index (χ4n) is 3.78. The Balaban J connectivity index is 1.77. The first-order valence-electron chi connectivity index (χ1n) is 9.09. The lowest BCUT2D eigenvalue weighted by molar-refractivity contribution is -0.274. The summed E-state index contributed by atoms with van der Waals surface area (Å²) < 4.78 is 52.6. The fraction of sp³-hybridized carbons (Fsp3) is 0.600. The summed E-state index contributed by atoms with van der Waals surface area (Å²) in [6, 6.07) is 6.26. The minimum Gasteiger partial charge on any atom is -0.406 e. The molecule has 6 heteroatoms. The van der Waals surface area contributed by atoms with Gasteiger partial charge in [-0.3, -0.25) is 0 Å². The Morgan fingerprint density at radius 2 is 1.77 bits per heavy atom. The van der Waals surface area contributed by atoms with Crippen molar-refractivity contribution < 1.29 is 27.4 Å². The quantitative estimate of drug-likeness (QED) is 0.635. The van der Waals surface area contributed by atoms with Gasteiger partial charge in [0.1, 0.15) is 5.75 Å². The summed E-state index contributed by atoms with van der Waals surface area (Å²) >= 11 is 0. The van der Waals surface area contributed by atoms with Gasteiger partial charge in [0.25, 0.3) is 0 Å². The molecule has 1 fully saturated rings. The molecule has 0 bridgehead atoms. The smallest absolute Gasteiger partial charge is 0.406 e. The second kappa shape index (κ2) is 7.61. The van der Waals surface area contributed by atoms with Gasteiger partial charge >= 0.3 is 6.36 Å². The third-order valence-electron chi connectivity index (χ3n) is 4.95. The van der Waals surface area contributed by atoms with Crippen molar-refractivity contribution >= 4 is 0 Å². The molecular formula is C20H25F3O3. The van der Waals surface area contributed by atoms with E-state index in [1.54, 1.807) is 12.1 Å². The van der Waals surface area contributed by atoms with Crippen molar-refractivity contribution in [1.82, 2.24) is 0 Å². The molecule has 1 aromatic carbocycles. The van der Waals surface area contributed by atoms with Crippen LogP contribution in [0.3, 0.4) is 0 Å². The standard InChI is InChI=1S/C20H25F3O3/c1-14(2)13-18(15-3-5-17(6-4-15)26-20(21,22)23)16-7-9-19(10-8-16)24-11-12-25-19/h3-7,14,18H,8-13H2,1-2H3/t18-/m1/s1. The summed E-state index contributed by atoms with van der Waals surface area (Å²) in [7, 11) is 0. The summed E-state index contributed by atoms with van der Waals surface area (Å²) in [5.74, 6) is 0.0143. The average molecular weight is 370 g/mol. The Morgan fingerprint density at radius 3 is 2.27 bits per heavy atom. The number of alkyl halides is 3. The molecule has 0 N–H and O–H groups in total. The van der Waals surface area contributed by atoms with Crippen molar-refractivity contribution in [2.45, 2.75) is 57.6 Å². The highest BCUT2D eigenvalue weighted by Crippen LogP contribution is 2.42. The molecule has 0 unspecified atom stereocenters. The van der Waals surface area contributed by atoms with Gasteiger partial charge in [-0.15, -0.1) is 13.2 Å².